The minimum absolute atomic E-state index is 0.513. The molecular weight excluding hydrogens is 218 g/mol. The molecule has 1 unspecified atom stereocenters. The van der Waals surface area contributed by atoms with Crippen molar-refractivity contribution in [3.05, 3.63) is 46.8 Å². The van der Waals surface area contributed by atoms with Crippen LogP contribution in [0.2, 0.25) is 0 Å². The Hall–Kier alpha value is -1.81. The molecule has 0 spiro atoms. The van der Waals surface area contributed by atoms with Gasteiger partial charge in [0.05, 0.1) is 7.11 Å². The molecule has 0 fully saturated rings. The predicted octanol–water partition coefficient (Wildman–Crippen LogP) is 2.38. The van der Waals surface area contributed by atoms with Crippen LogP contribution in [0.4, 0.5) is 0 Å². The van der Waals surface area contributed by atoms with Crippen molar-refractivity contribution >= 4 is 0 Å². The molecule has 0 radical (unpaired) electrons. The number of aryl methyl sites for hydroxylation is 2. The van der Waals surface area contributed by atoms with Gasteiger partial charge < -0.3 is 14.4 Å². The maximum Gasteiger partial charge on any atom is 0.134 e. The number of methoxy groups -OCH3 is 1. The first-order valence-electron chi connectivity index (χ1n) is 5.37. The summed E-state index contributed by atoms with van der Waals surface area (Å²) in [4.78, 5) is 0. The third-order valence-corrected chi connectivity index (χ3v) is 2.71. The summed E-state index contributed by atoms with van der Waals surface area (Å²) in [5, 5.41) is 14.1. The lowest BCUT2D eigenvalue weighted by Gasteiger charge is -2.12. The van der Waals surface area contributed by atoms with E-state index in [1.165, 1.54) is 0 Å². The average molecular weight is 233 g/mol. The van der Waals surface area contributed by atoms with Gasteiger partial charge >= 0.3 is 0 Å². The Labute approximate surface area is 99.8 Å². The summed E-state index contributed by atoms with van der Waals surface area (Å²) in [6.07, 6.45) is -0.789. The Balaban J connectivity index is 2.39. The van der Waals surface area contributed by atoms with Crippen LogP contribution < -0.4 is 4.74 Å². The average Bonchev–Trinajstić information content (AvgIpc) is 2.76. The van der Waals surface area contributed by atoms with E-state index in [2.05, 4.69) is 5.16 Å². The molecule has 0 saturated heterocycles. The van der Waals surface area contributed by atoms with Gasteiger partial charge in [-0.1, -0.05) is 11.2 Å². The van der Waals surface area contributed by atoms with Gasteiger partial charge in [-0.2, -0.15) is 0 Å². The summed E-state index contributed by atoms with van der Waals surface area (Å²) in [6, 6.07) is 7.30. The van der Waals surface area contributed by atoms with Crippen LogP contribution in [0.15, 0.2) is 28.8 Å². The fraction of sp³-hybridized carbons (Fsp3) is 0.308. The van der Waals surface area contributed by atoms with Crippen molar-refractivity contribution in [3.63, 3.8) is 0 Å². The van der Waals surface area contributed by atoms with Gasteiger partial charge in [0, 0.05) is 6.07 Å². The number of aliphatic hydroxyl groups is 1. The molecule has 1 N–H and O–H groups in total. The second kappa shape index (κ2) is 4.59. The van der Waals surface area contributed by atoms with E-state index in [9.17, 15) is 5.11 Å². The second-order valence-corrected chi connectivity index (χ2v) is 3.99. The number of hydrogen-bond acceptors (Lipinski definition) is 4. The maximum absolute atomic E-state index is 10.2. The van der Waals surface area contributed by atoms with Gasteiger partial charge in [0.2, 0.25) is 0 Å². The van der Waals surface area contributed by atoms with Gasteiger partial charge in [-0.25, -0.2) is 0 Å². The predicted molar refractivity (Wildman–Crippen MR) is 63.0 cm³/mol. The molecule has 17 heavy (non-hydrogen) atoms. The minimum atomic E-state index is -0.789. The Morgan fingerprint density at radius 1 is 1.29 bits per heavy atom. The van der Waals surface area contributed by atoms with E-state index in [0.29, 0.717) is 17.2 Å². The molecule has 1 aromatic carbocycles. The molecule has 90 valence electrons. The van der Waals surface area contributed by atoms with Gasteiger partial charge in [-0.15, -0.1) is 0 Å². The highest BCUT2D eigenvalue weighted by molar-refractivity contribution is 5.39. The van der Waals surface area contributed by atoms with Crippen molar-refractivity contribution in [2.45, 2.75) is 20.0 Å². The summed E-state index contributed by atoms with van der Waals surface area (Å²) in [5.41, 5.74) is 2.27. The Morgan fingerprint density at radius 2 is 2.06 bits per heavy atom. The first kappa shape index (κ1) is 11.7. The summed E-state index contributed by atoms with van der Waals surface area (Å²) >= 11 is 0. The van der Waals surface area contributed by atoms with Gasteiger partial charge in [-0.05, 0) is 37.1 Å². The van der Waals surface area contributed by atoms with Crippen molar-refractivity contribution in [1.82, 2.24) is 5.16 Å². The fourth-order valence-electron chi connectivity index (χ4n) is 1.71. The lowest BCUT2D eigenvalue weighted by Crippen LogP contribution is -2.02. The number of nitrogens with zero attached hydrogens (tertiary/aromatic N) is 1. The molecule has 0 aliphatic heterocycles. The summed E-state index contributed by atoms with van der Waals surface area (Å²) < 4.78 is 10.1. The molecule has 4 nitrogen and oxygen atoms in total. The zero-order valence-electron chi connectivity index (χ0n) is 10.1. The lowest BCUT2D eigenvalue weighted by molar-refractivity contribution is 0.206. The first-order chi connectivity index (χ1) is 8.11. The third kappa shape index (κ3) is 2.31. The van der Waals surface area contributed by atoms with E-state index in [-0.39, 0.29) is 0 Å². The van der Waals surface area contributed by atoms with Crippen LogP contribution in [0.1, 0.15) is 28.7 Å². The highest BCUT2D eigenvalue weighted by atomic mass is 16.5. The first-order valence-corrected chi connectivity index (χ1v) is 5.37. The number of rotatable bonds is 3. The normalized spacial score (nSPS) is 12.5. The van der Waals surface area contributed by atoms with Crippen molar-refractivity contribution in [2.24, 2.45) is 0 Å². The number of benzene rings is 1. The number of aromatic nitrogens is 1. The van der Waals surface area contributed by atoms with E-state index >= 15 is 0 Å². The molecule has 1 atom stereocenters. The van der Waals surface area contributed by atoms with Crippen LogP contribution >= 0.6 is 0 Å². The molecule has 4 heteroatoms. The molecule has 0 aliphatic rings. The number of ether oxygens (including phenoxy) is 1. The van der Waals surface area contributed by atoms with Gasteiger partial charge in [0.25, 0.3) is 0 Å². The SMILES string of the molecule is COc1ccc(C)c(C(O)c2cc(C)on2)c1. The smallest absolute Gasteiger partial charge is 0.134 e. The Morgan fingerprint density at radius 3 is 2.65 bits per heavy atom. The third-order valence-electron chi connectivity index (χ3n) is 2.71. The highest BCUT2D eigenvalue weighted by Gasteiger charge is 2.17. The Bertz CT molecular complexity index is 519. The Kier molecular flexibility index (Phi) is 3.15. The molecule has 0 bridgehead atoms. The summed E-state index contributed by atoms with van der Waals surface area (Å²) in [7, 11) is 1.60. The van der Waals surface area contributed by atoms with Gasteiger partial charge in [-0.3, -0.25) is 0 Å². The van der Waals surface area contributed by atoms with Crippen LogP contribution in [0.5, 0.6) is 5.75 Å². The molecule has 0 amide bonds. The largest absolute Gasteiger partial charge is 0.497 e. The van der Waals surface area contributed by atoms with E-state index in [1.807, 2.05) is 25.1 Å². The zero-order valence-corrected chi connectivity index (χ0v) is 10.1. The van der Waals surface area contributed by atoms with E-state index < -0.39 is 6.10 Å². The molecule has 0 saturated carbocycles. The van der Waals surface area contributed by atoms with Crippen molar-refractivity contribution in [2.75, 3.05) is 7.11 Å². The fourth-order valence-corrected chi connectivity index (χ4v) is 1.71. The van der Waals surface area contributed by atoms with Crippen molar-refractivity contribution in [3.8, 4) is 5.75 Å². The molecule has 1 aromatic heterocycles. The van der Waals surface area contributed by atoms with Crippen molar-refractivity contribution in [1.29, 1.82) is 0 Å². The van der Waals surface area contributed by atoms with E-state index in [4.69, 9.17) is 9.26 Å². The van der Waals surface area contributed by atoms with E-state index in [0.717, 1.165) is 11.1 Å². The highest BCUT2D eigenvalue weighted by Crippen LogP contribution is 2.27. The van der Waals surface area contributed by atoms with E-state index in [1.54, 1.807) is 20.1 Å². The standard InChI is InChI=1S/C13H15NO3/c1-8-4-5-10(16-3)7-11(8)13(15)12-6-9(2)17-14-12/h4-7,13,15H,1-3H3. The molecule has 0 aliphatic carbocycles. The lowest BCUT2D eigenvalue weighted by atomic mass is 10.0. The molecule has 2 aromatic rings. The zero-order chi connectivity index (χ0) is 12.4. The van der Waals surface area contributed by atoms with Crippen LogP contribution in [-0.4, -0.2) is 17.4 Å². The number of aliphatic hydroxyl groups excluding tert-OH is 1. The van der Waals surface area contributed by atoms with Gasteiger partial charge in [0.15, 0.2) is 0 Å². The van der Waals surface area contributed by atoms with Crippen LogP contribution in [0.3, 0.4) is 0 Å². The number of hydrogen-bond donors (Lipinski definition) is 1. The monoisotopic (exact) mass is 233 g/mol. The maximum atomic E-state index is 10.2. The second-order valence-electron chi connectivity index (χ2n) is 3.99. The molecule has 2 rings (SSSR count). The van der Waals surface area contributed by atoms with Gasteiger partial charge in [0.1, 0.15) is 23.3 Å². The summed E-state index contributed by atoms with van der Waals surface area (Å²) in [6.45, 7) is 3.73. The van der Waals surface area contributed by atoms with Crippen LogP contribution in [0.25, 0.3) is 0 Å². The molecule has 1 heterocycles. The van der Waals surface area contributed by atoms with Crippen molar-refractivity contribution < 1.29 is 14.4 Å². The van der Waals surface area contributed by atoms with Crippen LogP contribution in [-0.2, 0) is 0 Å². The molecular formula is C13H15NO3. The topological polar surface area (TPSA) is 55.5 Å². The quantitative estimate of drug-likeness (QED) is 0.884. The van der Waals surface area contributed by atoms with Crippen LogP contribution in [0, 0.1) is 13.8 Å². The minimum Gasteiger partial charge on any atom is -0.497 e. The summed E-state index contributed by atoms with van der Waals surface area (Å²) in [5.74, 6) is 1.39.